The molecule has 1 aromatic rings. The van der Waals surface area contributed by atoms with Gasteiger partial charge in [0, 0.05) is 18.4 Å². The maximum atomic E-state index is 12.5. The minimum absolute atomic E-state index is 0.340. The van der Waals surface area contributed by atoms with E-state index in [1.54, 1.807) is 13.8 Å². The van der Waals surface area contributed by atoms with Crippen LogP contribution in [0.4, 0.5) is 0 Å². The Morgan fingerprint density at radius 3 is 2.75 bits per heavy atom. The maximum absolute atomic E-state index is 12.5. The molecule has 0 spiro atoms. The summed E-state index contributed by atoms with van der Waals surface area (Å²) in [7, 11) is 2.36. The summed E-state index contributed by atoms with van der Waals surface area (Å²) in [6.45, 7) is 6.35. The Balaban J connectivity index is 1.69. The van der Waals surface area contributed by atoms with Crippen molar-refractivity contribution in [1.29, 1.82) is 0 Å². The fourth-order valence-electron chi connectivity index (χ4n) is 4.75. The number of rotatable bonds is 3. The highest BCUT2D eigenvalue weighted by Gasteiger charge is 2.43. The molecule has 2 aliphatic heterocycles. The van der Waals surface area contributed by atoms with Crippen LogP contribution in [0, 0.1) is 19.8 Å². The van der Waals surface area contributed by atoms with Gasteiger partial charge in [0.15, 0.2) is 0 Å². The van der Waals surface area contributed by atoms with Gasteiger partial charge < -0.3 is 13.6 Å². The highest BCUT2D eigenvalue weighted by molar-refractivity contribution is 5.91. The first-order valence-corrected chi connectivity index (χ1v) is 9.03. The summed E-state index contributed by atoms with van der Waals surface area (Å²) in [5.74, 6) is 0.403. The van der Waals surface area contributed by atoms with Gasteiger partial charge in [-0.3, -0.25) is 0 Å². The van der Waals surface area contributed by atoms with Crippen molar-refractivity contribution in [2.24, 2.45) is 5.92 Å². The van der Waals surface area contributed by atoms with Crippen LogP contribution in [0.25, 0.3) is 0 Å². The summed E-state index contributed by atoms with van der Waals surface area (Å²) in [6, 6.07) is 1.95. The second-order valence-corrected chi connectivity index (χ2v) is 7.67. The van der Waals surface area contributed by atoms with Gasteiger partial charge in [-0.1, -0.05) is 0 Å². The molecule has 24 heavy (non-hydrogen) atoms. The average Bonchev–Trinajstić information content (AvgIpc) is 2.51. The first-order chi connectivity index (χ1) is 11.4. The molecule has 0 aromatic carbocycles. The first-order valence-electron chi connectivity index (χ1n) is 9.03. The van der Waals surface area contributed by atoms with Gasteiger partial charge in [-0.25, -0.2) is 9.59 Å². The van der Waals surface area contributed by atoms with Gasteiger partial charge in [-0.15, -0.1) is 0 Å². The van der Waals surface area contributed by atoms with Crippen LogP contribution in [0.15, 0.2) is 15.3 Å². The van der Waals surface area contributed by atoms with Gasteiger partial charge in [0.2, 0.25) is 0 Å². The Bertz CT molecular complexity index is 650. The zero-order valence-corrected chi connectivity index (χ0v) is 15.0. The molecule has 1 aromatic heterocycles. The Morgan fingerprint density at radius 1 is 1.25 bits per heavy atom. The van der Waals surface area contributed by atoms with E-state index in [1.807, 2.05) is 0 Å². The third-order valence-corrected chi connectivity index (χ3v) is 5.97. The lowest BCUT2D eigenvalue weighted by atomic mass is 9.82. The molecule has 2 aliphatic rings. The number of piperidine rings is 2. The predicted molar refractivity (Wildman–Crippen MR) is 91.0 cm³/mol. The van der Waals surface area contributed by atoms with Gasteiger partial charge in [-0.05, 0) is 45.1 Å². The summed E-state index contributed by atoms with van der Waals surface area (Å²) in [4.78, 5) is 23.9. The van der Waals surface area contributed by atoms with Crippen molar-refractivity contribution >= 4 is 5.97 Å². The topological polar surface area (TPSA) is 56.5 Å². The Morgan fingerprint density at radius 2 is 2.00 bits per heavy atom. The number of aryl methyl sites for hydroxylation is 2. The summed E-state index contributed by atoms with van der Waals surface area (Å²) < 4.78 is 11.8. The van der Waals surface area contributed by atoms with Crippen LogP contribution in [-0.4, -0.2) is 43.2 Å². The van der Waals surface area contributed by atoms with Crippen LogP contribution in [0.2, 0.25) is 0 Å². The van der Waals surface area contributed by atoms with Crippen molar-refractivity contribution in [1.82, 2.24) is 0 Å². The number of quaternary nitrogens is 1. The summed E-state index contributed by atoms with van der Waals surface area (Å²) >= 11 is 0. The standard InChI is InChI=1S/C19H28NO4/c1-13-11-17(21)24-14(2)18(13)19(22)23-12-15-7-6-10-20(3)9-5-4-8-16(15)20/h11,15-16H,4-10,12H2,1-3H3/q+1/t15-,16+,20+/m0/s1. The lowest BCUT2D eigenvalue weighted by Gasteiger charge is -2.51. The van der Waals surface area contributed by atoms with Crippen molar-refractivity contribution in [3.63, 3.8) is 0 Å². The molecular formula is C19H28NO4+. The van der Waals surface area contributed by atoms with E-state index in [4.69, 9.17) is 9.15 Å². The molecular weight excluding hydrogens is 306 g/mol. The van der Waals surface area contributed by atoms with E-state index in [0.29, 0.717) is 35.5 Å². The van der Waals surface area contributed by atoms with E-state index in [0.717, 1.165) is 10.9 Å². The van der Waals surface area contributed by atoms with Gasteiger partial charge in [0.05, 0.1) is 26.2 Å². The summed E-state index contributed by atoms with van der Waals surface area (Å²) in [5, 5.41) is 0. The van der Waals surface area contributed by atoms with E-state index >= 15 is 0 Å². The number of ether oxygens (including phenoxy) is 1. The average molecular weight is 334 g/mol. The van der Waals surface area contributed by atoms with Crippen molar-refractivity contribution < 1.29 is 18.4 Å². The van der Waals surface area contributed by atoms with Crippen LogP contribution >= 0.6 is 0 Å². The minimum atomic E-state index is -0.427. The van der Waals surface area contributed by atoms with Gasteiger partial charge in [0.25, 0.3) is 0 Å². The maximum Gasteiger partial charge on any atom is 0.341 e. The Labute approximate surface area is 143 Å². The molecule has 3 heterocycles. The first kappa shape index (κ1) is 17.2. The second kappa shape index (κ2) is 6.71. The lowest BCUT2D eigenvalue weighted by Crippen LogP contribution is -2.61. The number of carbonyl (C=O) groups excluding carboxylic acids is 1. The third kappa shape index (κ3) is 3.27. The van der Waals surface area contributed by atoms with Crippen LogP contribution in [0.1, 0.15) is 53.8 Å². The molecule has 0 amide bonds. The highest BCUT2D eigenvalue weighted by Crippen LogP contribution is 2.36. The summed E-state index contributed by atoms with van der Waals surface area (Å²) in [6.07, 6.45) is 6.16. The number of hydrogen-bond acceptors (Lipinski definition) is 4. The molecule has 0 unspecified atom stereocenters. The molecule has 5 nitrogen and oxygen atoms in total. The van der Waals surface area contributed by atoms with Gasteiger partial charge in [-0.2, -0.15) is 0 Å². The molecule has 3 atom stereocenters. The molecule has 5 heteroatoms. The fraction of sp³-hybridized carbons (Fsp3) is 0.684. The van der Waals surface area contributed by atoms with Crippen molar-refractivity contribution in [3.05, 3.63) is 33.4 Å². The molecule has 0 radical (unpaired) electrons. The van der Waals surface area contributed by atoms with Crippen molar-refractivity contribution in [2.75, 3.05) is 26.7 Å². The van der Waals surface area contributed by atoms with Crippen LogP contribution < -0.4 is 5.63 Å². The van der Waals surface area contributed by atoms with Crippen LogP contribution in [0.3, 0.4) is 0 Å². The highest BCUT2D eigenvalue weighted by atomic mass is 16.5. The normalized spacial score (nSPS) is 29.8. The molecule has 0 bridgehead atoms. The smallest absolute Gasteiger partial charge is 0.341 e. The number of carbonyl (C=O) groups is 1. The largest absolute Gasteiger partial charge is 0.461 e. The number of fused-ring (bicyclic) bond motifs is 1. The fourth-order valence-corrected chi connectivity index (χ4v) is 4.75. The van der Waals surface area contributed by atoms with E-state index in [2.05, 4.69) is 7.05 Å². The monoisotopic (exact) mass is 334 g/mol. The zero-order valence-electron chi connectivity index (χ0n) is 15.0. The van der Waals surface area contributed by atoms with E-state index in [-0.39, 0.29) is 5.97 Å². The van der Waals surface area contributed by atoms with Crippen LogP contribution in [0.5, 0.6) is 0 Å². The minimum Gasteiger partial charge on any atom is -0.461 e. The summed E-state index contributed by atoms with van der Waals surface area (Å²) in [5.41, 5.74) is 0.589. The van der Waals surface area contributed by atoms with E-state index < -0.39 is 5.63 Å². The Kier molecular flexibility index (Phi) is 4.81. The van der Waals surface area contributed by atoms with Gasteiger partial charge in [0.1, 0.15) is 17.9 Å². The van der Waals surface area contributed by atoms with Crippen LogP contribution in [-0.2, 0) is 4.74 Å². The predicted octanol–water partition coefficient (Wildman–Crippen LogP) is 2.82. The zero-order chi connectivity index (χ0) is 17.3. The van der Waals surface area contributed by atoms with Crippen molar-refractivity contribution in [2.45, 2.75) is 52.0 Å². The lowest BCUT2D eigenvalue weighted by molar-refractivity contribution is -0.947. The third-order valence-electron chi connectivity index (χ3n) is 5.97. The molecule has 2 saturated heterocycles. The molecule has 3 rings (SSSR count). The molecule has 0 aliphatic carbocycles. The number of esters is 1. The van der Waals surface area contributed by atoms with E-state index in [9.17, 15) is 9.59 Å². The SMILES string of the molecule is Cc1cc(=O)oc(C)c1C(=O)OC[C@@H]1CCC[N@@+]2(C)CCCC[C@H]12. The second-order valence-electron chi connectivity index (χ2n) is 7.67. The quantitative estimate of drug-likeness (QED) is 0.630. The molecule has 2 fully saturated rings. The molecule has 0 saturated carbocycles. The Hall–Kier alpha value is -1.62. The van der Waals surface area contributed by atoms with Gasteiger partial charge >= 0.3 is 11.6 Å². The molecule has 0 N–H and O–H groups in total. The molecule has 132 valence electrons. The van der Waals surface area contributed by atoms with E-state index in [1.165, 1.54) is 44.8 Å². The van der Waals surface area contributed by atoms with Crippen molar-refractivity contribution in [3.8, 4) is 0 Å². The number of nitrogens with zero attached hydrogens (tertiary/aromatic N) is 1. The number of hydrogen-bond donors (Lipinski definition) is 0.